The highest BCUT2D eigenvalue weighted by atomic mass is 16.3. The van der Waals surface area contributed by atoms with Gasteiger partial charge in [0, 0.05) is 11.5 Å². The van der Waals surface area contributed by atoms with Gasteiger partial charge in [0.1, 0.15) is 12.0 Å². The minimum atomic E-state index is -0.804. The molecule has 0 spiro atoms. The number of nitroso groups, excluding NO2 is 1. The van der Waals surface area contributed by atoms with Crippen molar-refractivity contribution < 1.29 is 9.90 Å². The molecule has 0 saturated heterocycles. The van der Waals surface area contributed by atoms with E-state index in [4.69, 9.17) is 0 Å². The third-order valence-electron chi connectivity index (χ3n) is 4.22. The number of nitrogens with zero attached hydrogens (tertiary/aromatic N) is 1. The van der Waals surface area contributed by atoms with E-state index in [2.05, 4.69) is 12.1 Å². The second kappa shape index (κ2) is 6.76. The Labute approximate surface area is 124 Å². The number of carbonyl (C=O) groups is 1. The van der Waals surface area contributed by atoms with Gasteiger partial charge in [-0.15, -0.1) is 4.91 Å². The van der Waals surface area contributed by atoms with Crippen molar-refractivity contribution in [2.75, 3.05) is 0 Å². The lowest BCUT2D eigenvalue weighted by atomic mass is 9.77. The summed E-state index contributed by atoms with van der Waals surface area (Å²) in [5.41, 5.74) is 2.02. The van der Waals surface area contributed by atoms with E-state index in [-0.39, 0.29) is 11.8 Å². The lowest BCUT2D eigenvalue weighted by Gasteiger charge is -2.29. The lowest BCUT2D eigenvalue weighted by molar-refractivity contribution is -0.115. The summed E-state index contributed by atoms with van der Waals surface area (Å²) in [6.07, 6.45) is 10.9. The second-order valence-corrected chi connectivity index (χ2v) is 5.94. The predicted octanol–water partition coefficient (Wildman–Crippen LogP) is 3.30. The van der Waals surface area contributed by atoms with Crippen molar-refractivity contribution in [3.8, 4) is 0 Å². The van der Waals surface area contributed by atoms with Crippen LogP contribution < -0.4 is 0 Å². The highest BCUT2D eigenvalue weighted by Crippen LogP contribution is 2.35. The summed E-state index contributed by atoms with van der Waals surface area (Å²) in [4.78, 5) is 22.1. The van der Waals surface area contributed by atoms with E-state index >= 15 is 0 Å². The van der Waals surface area contributed by atoms with Crippen LogP contribution in [0, 0.1) is 22.7 Å². The van der Waals surface area contributed by atoms with Crippen LogP contribution in [-0.2, 0) is 4.79 Å². The van der Waals surface area contributed by atoms with Gasteiger partial charge < -0.3 is 9.90 Å². The van der Waals surface area contributed by atoms with E-state index in [9.17, 15) is 14.8 Å². The first-order valence-electron chi connectivity index (χ1n) is 7.33. The van der Waals surface area contributed by atoms with E-state index in [1.54, 1.807) is 12.2 Å². The van der Waals surface area contributed by atoms with Crippen LogP contribution in [0.15, 0.2) is 52.4 Å². The first-order valence-corrected chi connectivity index (χ1v) is 7.33. The minimum Gasteiger partial charge on any atom is -0.388 e. The number of hydrogen-bond donors (Lipinski definition) is 1. The highest BCUT2D eigenvalue weighted by Gasteiger charge is 2.30. The van der Waals surface area contributed by atoms with Crippen LogP contribution in [0.1, 0.15) is 26.7 Å². The Morgan fingerprint density at radius 2 is 2.10 bits per heavy atom. The molecule has 0 aromatic heterocycles. The number of carbonyl (C=O) groups excluding carboxylic acids is 1. The molecule has 4 nitrogen and oxygen atoms in total. The van der Waals surface area contributed by atoms with E-state index in [1.165, 1.54) is 0 Å². The van der Waals surface area contributed by atoms with Gasteiger partial charge in [0.25, 0.3) is 0 Å². The quantitative estimate of drug-likeness (QED) is 0.639. The molecule has 4 atom stereocenters. The third-order valence-corrected chi connectivity index (χ3v) is 4.22. The van der Waals surface area contributed by atoms with Crippen molar-refractivity contribution in [1.29, 1.82) is 0 Å². The number of rotatable bonds is 3. The molecule has 0 radical (unpaired) electrons. The van der Waals surface area contributed by atoms with E-state index < -0.39 is 6.10 Å². The Morgan fingerprint density at radius 1 is 1.33 bits per heavy atom. The van der Waals surface area contributed by atoms with Crippen molar-refractivity contribution in [2.24, 2.45) is 22.9 Å². The van der Waals surface area contributed by atoms with Crippen LogP contribution in [0.3, 0.4) is 0 Å². The molecule has 0 aliphatic heterocycles. The van der Waals surface area contributed by atoms with Crippen LogP contribution in [0.2, 0.25) is 0 Å². The Morgan fingerprint density at radius 3 is 2.71 bits per heavy atom. The Hall–Kier alpha value is -1.81. The maximum absolute atomic E-state index is 11.1. The second-order valence-electron chi connectivity index (χ2n) is 5.94. The zero-order chi connectivity index (χ0) is 15.4. The largest absolute Gasteiger partial charge is 0.388 e. The molecule has 4 heteroatoms. The maximum atomic E-state index is 11.1. The summed E-state index contributed by atoms with van der Waals surface area (Å²) in [6, 6.07) is 0. The summed E-state index contributed by atoms with van der Waals surface area (Å²) in [6.45, 7) is 4.04. The molecule has 0 aromatic rings. The molecule has 2 rings (SSSR count). The first-order chi connectivity index (χ1) is 10.1. The van der Waals surface area contributed by atoms with Gasteiger partial charge in [0.05, 0.1) is 6.10 Å². The summed E-state index contributed by atoms with van der Waals surface area (Å²) in [5.74, 6) is 0.0471. The zero-order valence-corrected chi connectivity index (χ0v) is 12.4. The van der Waals surface area contributed by atoms with Gasteiger partial charge in [0.2, 0.25) is 0 Å². The smallest absolute Gasteiger partial charge is 0.126 e. The van der Waals surface area contributed by atoms with Gasteiger partial charge in [-0.1, -0.05) is 38.2 Å². The fourth-order valence-corrected chi connectivity index (χ4v) is 2.88. The monoisotopic (exact) mass is 287 g/mol. The van der Waals surface area contributed by atoms with Gasteiger partial charge in [-0.2, -0.15) is 0 Å². The molecule has 0 heterocycles. The fraction of sp³-hybridized carbons (Fsp3) is 0.471. The normalized spacial score (nSPS) is 33.2. The number of hydrogen-bond acceptors (Lipinski definition) is 4. The first kappa shape index (κ1) is 15.6. The van der Waals surface area contributed by atoms with Crippen LogP contribution in [0.25, 0.3) is 0 Å². The average Bonchev–Trinajstić information content (AvgIpc) is 2.42. The van der Waals surface area contributed by atoms with E-state index in [1.807, 2.05) is 25.2 Å². The van der Waals surface area contributed by atoms with Crippen LogP contribution >= 0.6 is 0 Å². The summed E-state index contributed by atoms with van der Waals surface area (Å²) in [5, 5.41) is 13.2. The zero-order valence-electron chi connectivity index (χ0n) is 12.4. The Bertz CT molecular complexity index is 542. The molecular weight excluding hydrogens is 266 g/mol. The summed E-state index contributed by atoms with van der Waals surface area (Å²) < 4.78 is 0. The van der Waals surface area contributed by atoms with E-state index in [0.29, 0.717) is 18.0 Å². The summed E-state index contributed by atoms with van der Waals surface area (Å²) in [7, 11) is 0. The van der Waals surface area contributed by atoms with Gasteiger partial charge in [0.15, 0.2) is 0 Å². The molecule has 2 aliphatic carbocycles. The molecule has 21 heavy (non-hydrogen) atoms. The molecule has 0 aromatic carbocycles. The molecule has 0 amide bonds. The van der Waals surface area contributed by atoms with E-state index in [0.717, 1.165) is 23.9 Å². The van der Waals surface area contributed by atoms with Crippen LogP contribution in [-0.4, -0.2) is 17.5 Å². The Kier molecular flexibility index (Phi) is 5.02. The molecular formula is C17H21NO3. The molecule has 112 valence electrons. The SMILES string of the molecule is CC1C=CC(C2=CC(O)C(C=O)C(C)C2)=C(N=O)C=CC1. The summed E-state index contributed by atoms with van der Waals surface area (Å²) >= 11 is 0. The third kappa shape index (κ3) is 3.45. The number of allylic oxidation sites excluding steroid dienone is 6. The highest BCUT2D eigenvalue weighted by molar-refractivity contribution is 5.58. The van der Waals surface area contributed by atoms with Crippen LogP contribution in [0.5, 0.6) is 0 Å². The molecule has 1 N–H and O–H groups in total. The van der Waals surface area contributed by atoms with Crippen molar-refractivity contribution in [3.05, 3.63) is 52.1 Å². The molecule has 4 unspecified atom stereocenters. The van der Waals surface area contributed by atoms with Gasteiger partial charge in [-0.3, -0.25) is 0 Å². The van der Waals surface area contributed by atoms with Gasteiger partial charge >= 0.3 is 0 Å². The topological polar surface area (TPSA) is 66.7 Å². The van der Waals surface area contributed by atoms with Crippen LogP contribution in [0.4, 0.5) is 0 Å². The van der Waals surface area contributed by atoms with Crippen molar-refractivity contribution in [2.45, 2.75) is 32.8 Å². The maximum Gasteiger partial charge on any atom is 0.126 e. The van der Waals surface area contributed by atoms with Crippen molar-refractivity contribution in [3.63, 3.8) is 0 Å². The van der Waals surface area contributed by atoms with Gasteiger partial charge in [-0.25, -0.2) is 0 Å². The number of aliphatic hydroxyl groups is 1. The molecule has 0 fully saturated rings. The van der Waals surface area contributed by atoms with Gasteiger partial charge in [-0.05, 0) is 41.5 Å². The van der Waals surface area contributed by atoms with Crippen molar-refractivity contribution in [1.82, 2.24) is 0 Å². The number of aliphatic hydroxyl groups excluding tert-OH is 1. The molecule has 0 saturated carbocycles. The van der Waals surface area contributed by atoms with Crippen molar-refractivity contribution >= 4 is 6.29 Å². The Balaban J connectivity index is 2.44. The molecule has 0 bridgehead atoms. The standard InChI is InChI=1S/C17H21NO3/c1-11-4-3-5-16(18-21)14(7-6-11)13-8-12(2)15(10-19)17(20)9-13/h3,5-7,9-12,15,17,20H,4,8H2,1-2H3. The lowest BCUT2D eigenvalue weighted by Crippen LogP contribution is -2.31. The average molecular weight is 287 g/mol. The molecule has 2 aliphatic rings. The predicted molar refractivity (Wildman–Crippen MR) is 82.3 cm³/mol. The fourth-order valence-electron chi connectivity index (χ4n) is 2.88. The number of aldehydes is 1. The minimum absolute atomic E-state index is 0.0399.